The first-order valence-corrected chi connectivity index (χ1v) is 11.9. The first-order valence-electron chi connectivity index (χ1n) is 11.9. The summed E-state index contributed by atoms with van der Waals surface area (Å²) in [5.41, 5.74) is 2.53. The fourth-order valence-electron chi connectivity index (χ4n) is 5.46. The molecular weight excluding hydrogens is 438 g/mol. The fraction of sp³-hybridized carbons (Fsp3) is 0.625. The number of carbonyl (C=O) groups excluding carboxylic acids is 1. The molecule has 1 N–H and O–H groups in total. The lowest BCUT2D eigenvalue weighted by molar-refractivity contribution is -0.143. The van der Waals surface area contributed by atoms with E-state index in [9.17, 15) is 14.7 Å². The third-order valence-electron chi connectivity index (χ3n) is 7.82. The maximum absolute atomic E-state index is 12.6. The van der Waals surface area contributed by atoms with Crippen molar-refractivity contribution in [3.8, 4) is 17.1 Å². The second-order valence-corrected chi connectivity index (χ2v) is 10.0. The quantitative estimate of drug-likeness (QED) is 0.656. The van der Waals surface area contributed by atoms with Gasteiger partial charge in [-0.05, 0) is 69.9 Å². The lowest BCUT2D eigenvalue weighted by Crippen LogP contribution is -2.68. The molecule has 1 amide bonds. The van der Waals surface area contributed by atoms with Crippen LogP contribution in [-0.2, 0) is 23.2 Å². The molecule has 10 heteroatoms. The lowest BCUT2D eigenvalue weighted by atomic mass is 9.49. The van der Waals surface area contributed by atoms with Gasteiger partial charge >= 0.3 is 12.1 Å². The van der Waals surface area contributed by atoms with Crippen LogP contribution in [0.2, 0.25) is 0 Å². The van der Waals surface area contributed by atoms with Crippen molar-refractivity contribution in [1.29, 1.82) is 0 Å². The number of pyridine rings is 1. The molecule has 34 heavy (non-hydrogen) atoms. The summed E-state index contributed by atoms with van der Waals surface area (Å²) < 4.78 is 13.3. The summed E-state index contributed by atoms with van der Waals surface area (Å²) in [6.45, 7) is 1.91. The number of rotatable bonds is 7. The number of carboxylic acid groups (broad SMARTS) is 1. The normalized spacial score (nSPS) is 27.3. The molecule has 0 unspecified atom stereocenters. The van der Waals surface area contributed by atoms with E-state index in [4.69, 9.17) is 9.47 Å². The SMILES string of the molecule is Cc1nc(-c2nnn(C)c2COC(=O)N(C)C23CC(C2)C3)ccc1O[C@H]1CCC[C@H](C(=O)O)C1. The molecule has 4 aliphatic rings. The van der Waals surface area contributed by atoms with Crippen molar-refractivity contribution in [3.05, 3.63) is 23.5 Å². The number of carboxylic acids is 1. The van der Waals surface area contributed by atoms with E-state index < -0.39 is 5.97 Å². The van der Waals surface area contributed by atoms with Gasteiger partial charge in [0, 0.05) is 19.6 Å². The van der Waals surface area contributed by atoms with E-state index in [2.05, 4.69) is 15.3 Å². The summed E-state index contributed by atoms with van der Waals surface area (Å²) in [5.74, 6) is 0.299. The Bertz CT molecular complexity index is 1100. The standard InChI is InChI=1S/C24H31N5O5/c1-14-20(34-17-6-4-5-16(9-17)22(30)31)8-7-18(25-14)21-19(29(3)27-26-21)13-33-23(32)28(2)24-10-15(11-24)12-24/h7-8,15-17H,4-6,9-13H2,1-3H3,(H,30,31)/t15?,16-,17-,24?/m0/s1. The molecule has 6 rings (SSSR count). The number of ether oxygens (including phenoxy) is 2. The van der Waals surface area contributed by atoms with Gasteiger partial charge in [-0.25, -0.2) is 14.5 Å². The van der Waals surface area contributed by atoms with Crippen molar-refractivity contribution in [2.45, 2.75) is 70.1 Å². The maximum atomic E-state index is 12.6. The Hall–Kier alpha value is -3.17. The summed E-state index contributed by atoms with van der Waals surface area (Å²) in [5, 5.41) is 17.7. The highest BCUT2D eigenvalue weighted by atomic mass is 16.6. The second kappa shape index (κ2) is 8.56. The molecule has 2 bridgehead atoms. The minimum absolute atomic E-state index is 0.00655. The van der Waals surface area contributed by atoms with E-state index in [1.54, 1.807) is 16.6 Å². The molecule has 0 aliphatic heterocycles. The van der Waals surface area contributed by atoms with Gasteiger partial charge < -0.3 is 19.5 Å². The van der Waals surface area contributed by atoms with Crippen molar-refractivity contribution in [2.75, 3.05) is 7.05 Å². The Morgan fingerprint density at radius 2 is 2.03 bits per heavy atom. The summed E-state index contributed by atoms with van der Waals surface area (Å²) >= 11 is 0. The van der Waals surface area contributed by atoms with Crippen LogP contribution in [0, 0.1) is 18.8 Å². The number of nitrogens with zero attached hydrogens (tertiary/aromatic N) is 5. The molecule has 0 spiro atoms. The minimum Gasteiger partial charge on any atom is -0.489 e. The highest BCUT2D eigenvalue weighted by molar-refractivity contribution is 5.70. The average molecular weight is 470 g/mol. The van der Waals surface area contributed by atoms with E-state index in [1.807, 2.05) is 26.1 Å². The second-order valence-electron chi connectivity index (χ2n) is 10.0. The van der Waals surface area contributed by atoms with Gasteiger partial charge in [-0.2, -0.15) is 0 Å². The monoisotopic (exact) mass is 469 g/mol. The van der Waals surface area contributed by atoms with Crippen molar-refractivity contribution < 1.29 is 24.2 Å². The fourth-order valence-corrected chi connectivity index (χ4v) is 5.46. The van der Waals surface area contributed by atoms with Crippen LogP contribution >= 0.6 is 0 Å². The molecule has 4 fully saturated rings. The average Bonchev–Trinajstić information content (AvgIpc) is 3.11. The molecule has 4 aliphatic carbocycles. The first kappa shape index (κ1) is 22.6. The van der Waals surface area contributed by atoms with Crippen molar-refractivity contribution >= 4 is 12.1 Å². The highest BCUT2D eigenvalue weighted by Crippen LogP contribution is 2.60. The summed E-state index contributed by atoms with van der Waals surface area (Å²) in [7, 11) is 3.57. The number of aliphatic carboxylic acids is 1. The van der Waals surface area contributed by atoms with E-state index in [0.29, 0.717) is 41.4 Å². The van der Waals surface area contributed by atoms with Crippen LogP contribution in [0.5, 0.6) is 5.75 Å². The zero-order valence-electron chi connectivity index (χ0n) is 19.9. The van der Waals surface area contributed by atoms with Crippen LogP contribution in [0.4, 0.5) is 4.79 Å². The Kier molecular flexibility index (Phi) is 5.69. The number of hydrogen-bond donors (Lipinski definition) is 1. The molecule has 182 valence electrons. The molecule has 2 aromatic heterocycles. The third kappa shape index (κ3) is 3.99. The predicted octanol–water partition coefficient (Wildman–Crippen LogP) is 3.33. The molecule has 2 heterocycles. The van der Waals surface area contributed by atoms with Gasteiger partial charge in [0.1, 0.15) is 23.7 Å². The van der Waals surface area contributed by atoms with Crippen molar-refractivity contribution in [2.24, 2.45) is 18.9 Å². The maximum Gasteiger partial charge on any atom is 0.410 e. The summed E-state index contributed by atoms with van der Waals surface area (Å²) in [6.07, 6.45) is 5.64. The first-order chi connectivity index (χ1) is 16.3. The predicted molar refractivity (Wildman–Crippen MR) is 121 cm³/mol. The minimum atomic E-state index is -0.759. The summed E-state index contributed by atoms with van der Waals surface area (Å²) in [4.78, 5) is 30.3. The van der Waals surface area contributed by atoms with E-state index in [0.717, 1.165) is 38.0 Å². The Morgan fingerprint density at radius 3 is 2.68 bits per heavy atom. The number of aryl methyl sites for hydroxylation is 2. The number of hydrogen-bond acceptors (Lipinski definition) is 7. The molecule has 0 aromatic carbocycles. The van der Waals surface area contributed by atoms with Crippen molar-refractivity contribution in [3.63, 3.8) is 0 Å². The van der Waals surface area contributed by atoms with Gasteiger partial charge in [0.2, 0.25) is 0 Å². The Labute approximate surface area is 198 Å². The molecule has 2 atom stereocenters. The van der Waals surface area contributed by atoms with Crippen LogP contribution in [0.25, 0.3) is 11.4 Å². The van der Waals surface area contributed by atoms with Gasteiger partial charge in [-0.1, -0.05) is 5.21 Å². The van der Waals surface area contributed by atoms with Crippen LogP contribution in [0.3, 0.4) is 0 Å². The molecular formula is C24H31N5O5. The number of amides is 1. The van der Waals surface area contributed by atoms with Gasteiger partial charge in [-0.15, -0.1) is 5.10 Å². The Balaban J connectivity index is 1.25. The zero-order chi connectivity index (χ0) is 24.0. The van der Waals surface area contributed by atoms with Crippen LogP contribution < -0.4 is 4.74 Å². The number of carbonyl (C=O) groups is 2. The van der Waals surface area contributed by atoms with Gasteiger partial charge in [-0.3, -0.25) is 4.79 Å². The smallest absolute Gasteiger partial charge is 0.410 e. The van der Waals surface area contributed by atoms with Crippen LogP contribution in [0.15, 0.2) is 12.1 Å². The largest absolute Gasteiger partial charge is 0.489 e. The van der Waals surface area contributed by atoms with E-state index >= 15 is 0 Å². The van der Waals surface area contributed by atoms with Gasteiger partial charge in [0.05, 0.1) is 23.4 Å². The molecule has 4 saturated carbocycles. The van der Waals surface area contributed by atoms with E-state index in [-0.39, 0.29) is 30.3 Å². The lowest BCUT2D eigenvalue weighted by Gasteiger charge is -2.64. The Morgan fingerprint density at radius 1 is 1.26 bits per heavy atom. The number of aromatic nitrogens is 4. The van der Waals surface area contributed by atoms with Crippen LogP contribution in [-0.4, -0.2) is 60.7 Å². The molecule has 10 nitrogen and oxygen atoms in total. The van der Waals surface area contributed by atoms with E-state index in [1.165, 1.54) is 0 Å². The van der Waals surface area contributed by atoms with Gasteiger partial charge in [0.25, 0.3) is 0 Å². The van der Waals surface area contributed by atoms with Crippen molar-refractivity contribution in [1.82, 2.24) is 24.9 Å². The molecule has 2 aromatic rings. The van der Waals surface area contributed by atoms with Crippen LogP contribution in [0.1, 0.15) is 56.3 Å². The third-order valence-corrected chi connectivity index (χ3v) is 7.82. The zero-order valence-corrected chi connectivity index (χ0v) is 19.9. The molecule has 0 saturated heterocycles. The topological polar surface area (TPSA) is 120 Å². The molecule has 0 radical (unpaired) electrons. The highest BCUT2D eigenvalue weighted by Gasteiger charge is 2.60. The van der Waals surface area contributed by atoms with Gasteiger partial charge in [0.15, 0.2) is 0 Å². The summed E-state index contributed by atoms with van der Waals surface area (Å²) in [6, 6.07) is 3.65.